The van der Waals surface area contributed by atoms with E-state index < -0.39 is 5.82 Å². The zero-order valence-electron chi connectivity index (χ0n) is 18.2. The van der Waals surface area contributed by atoms with Crippen LogP contribution in [0.25, 0.3) is 11.5 Å². The van der Waals surface area contributed by atoms with Crippen LogP contribution in [0.5, 0.6) is 0 Å². The van der Waals surface area contributed by atoms with E-state index in [1.807, 2.05) is 31.2 Å². The highest BCUT2D eigenvalue weighted by molar-refractivity contribution is 14.0. The van der Waals surface area contributed by atoms with Gasteiger partial charge in [-0.3, -0.25) is 9.79 Å². The quantitative estimate of drug-likeness (QED) is 0.180. The fourth-order valence-corrected chi connectivity index (χ4v) is 2.80. The van der Waals surface area contributed by atoms with Gasteiger partial charge in [-0.15, -0.1) is 24.0 Å². The summed E-state index contributed by atoms with van der Waals surface area (Å²) in [4.78, 5) is 20.7. The zero-order valence-corrected chi connectivity index (χ0v) is 20.6. The number of nitrogens with one attached hydrogen (secondary N) is 3. The molecule has 0 fully saturated rings. The molecule has 0 unspecified atom stereocenters. The maximum atomic E-state index is 13.6. The smallest absolute Gasteiger partial charge is 0.251 e. The van der Waals surface area contributed by atoms with Gasteiger partial charge < -0.3 is 20.4 Å². The molecule has 1 heterocycles. The van der Waals surface area contributed by atoms with Crippen molar-refractivity contribution in [2.24, 2.45) is 4.99 Å². The van der Waals surface area contributed by atoms with E-state index in [0.29, 0.717) is 42.6 Å². The molecule has 0 spiro atoms. The van der Waals surface area contributed by atoms with E-state index in [9.17, 15) is 9.18 Å². The Hall–Kier alpha value is -2.95. The summed E-state index contributed by atoms with van der Waals surface area (Å²) in [5.41, 5.74) is 3.64. The van der Waals surface area contributed by atoms with E-state index in [1.165, 1.54) is 11.6 Å². The van der Waals surface area contributed by atoms with Gasteiger partial charge in [0.15, 0.2) is 5.96 Å². The number of rotatable bonds is 7. The first-order valence-electron chi connectivity index (χ1n) is 9.96. The Morgan fingerprint density at radius 2 is 1.78 bits per heavy atom. The van der Waals surface area contributed by atoms with Gasteiger partial charge in [0, 0.05) is 31.3 Å². The minimum atomic E-state index is -0.395. The van der Waals surface area contributed by atoms with Crippen molar-refractivity contribution in [2.45, 2.75) is 20.4 Å². The molecule has 7 nitrogen and oxygen atoms in total. The lowest BCUT2D eigenvalue weighted by Crippen LogP contribution is -2.41. The molecule has 0 saturated heterocycles. The van der Waals surface area contributed by atoms with Crippen LogP contribution in [-0.4, -0.2) is 37.0 Å². The molecular weight excluding hydrogens is 524 g/mol. The van der Waals surface area contributed by atoms with Crippen LogP contribution in [0, 0.1) is 19.7 Å². The van der Waals surface area contributed by atoms with Crippen molar-refractivity contribution in [1.29, 1.82) is 0 Å². The van der Waals surface area contributed by atoms with Gasteiger partial charge in [0.1, 0.15) is 12.1 Å². The first-order valence-corrected chi connectivity index (χ1v) is 9.96. The second-order valence-corrected chi connectivity index (χ2v) is 7.08. The van der Waals surface area contributed by atoms with E-state index in [0.717, 1.165) is 11.3 Å². The van der Waals surface area contributed by atoms with Gasteiger partial charge in [-0.05, 0) is 43.7 Å². The molecular formula is C23H27FIN5O2. The fourth-order valence-electron chi connectivity index (χ4n) is 2.80. The second kappa shape index (κ2) is 12.2. The summed E-state index contributed by atoms with van der Waals surface area (Å²) < 4.78 is 19.1. The Morgan fingerprint density at radius 1 is 1.06 bits per heavy atom. The van der Waals surface area contributed by atoms with Gasteiger partial charge in [0.2, 0.25) is 5.89 Å². The number of nitrogens with zero attached hydrogens (tertiary/aromatic N) is 2. The van der Waals surface area contributed by atoms with Crippen molar-refractivity contribution in [3.05, 3.63) is 76.9 Å². The highest BCUT2D eigenvalue weighted by Crippen LogP contribution is 2.19. The molecule has 0 bridgehead atoms. The highest BCUT2D eigenvalue weighted by atomic mass is 127. The maximum absolute atomic E-state index is 13.6. The largest absolute Gasteiger partial charge is 0.444 e. The Kier molecular flexibility index (Phi) is 9.63. The lowest BCUT2D eigenvalue weighted by atomic mass is 10.1. The number of carbonyl (C=O) groups is 1. The molecule has 0 atom stereocenters. The Labute approximate surface area is 203 Å². The number of hydrogen-bond acceptors (Lipinski definition) is 4. The van der Waals surface area contributed by atoms with Crippen LogP contribution in [0.15, 0.2) is 58.1 Å². The number of hydrogen-bond donors (Lipinski definition) is 3. The minimum Gasteiger partial charge on any atom is -0.444 e. The molecule has 0 aliphatic rings. The van der Waals surface area contributed by atoms with E-state index in [1.54, 1.807) is 32.4 Å². The first-order chi connectivity index (χ1) is 15.0. The number of carbonyl (C=O) groups excluding carboxylic acids is 1. The van der Waals surface area contributed by atoms with Gasteiger partial charge >= 0.3 is 0 Å². The van der Waals surface area contributed by atoms with Crippen molar-refractivity contribution in [1.82, 2.24) is 20.9 Å². The normalized spacial score (nSPS) is 10.9. The lowest BCUT2D eigenvalue weighted by molar-refractivity contribution is 0.0954. The van der Waals surface area contributed by atoms with Crippen molar-refractivity contribution in [3.63, 3.8) is 0 Å². The molecule has 3 rings (SSSR count). The van der Waals surface area contributed by atoms with Crippen LogP contribution in [0.4, 0.5) is 4.39 Å². The van der Waals surface area contributed by atoms with E-state index in [2.05, 4.69) is 25.9 Å². The lowest BCUT2D eigenvalue weighted by Gasteiger charge is -2.11. The molecule has 170 valence electrons. The van der Waals surface area contributed by atoms with Crippen LogP contribution in [0.1, 0.15) is 27.2 Å². The summed E-state index contributed by atoms with van der Waals surface area (Å²) in [5.74, 6) is 0.411. The number of halogens is 2. The number of oxazole rings is 1. The average Bonchev–Trinajstić information content (AvgIpc) is 3.24. The number of aromatic nitrogens is 1. The predicted molar refractivity (Wildman–Crippen MR) is 134 cm³/mol. The molecule has 3 aromatic rings. The second-order valence-electron chi connectivity index (χ2n) is 7.08. The van der Waals surface area contributed by atoms with Crippen molar-refractivity contribution >= 4 is 35.8 Å². The molecule has 2 aromatic carbocycles. The molecule has 0 aliphatic heterocycles. The molecule has 9 heteroatoms. The van der Waals surface area contributed by atoms with Crippen LogP contribution in [0.2, 0.25) is 0 Å². The summed E-state index contributed by atoms with van der Waals surface area (Å²) in [6.07, 6.45) is 1.61. The maximum Gasteiger partial charge on any atom is 0.251 e. The van der Waals surface area contributed by atoms with Crippen LogP contribution >= 0.6 is 24.0 Å². The highest BCUT2D eigenvalue weighted by Gasteiger charge is 2.09. The Morgan fingerprint density at radius 3 is 2.47 bits per heavy atom. The SMILES string of the molecule is CN=C(NCCNC(=O)c1ccc(C)c(F)c1)NCc1coc(-c2ccc(C)cc2)n1.I. The number of amides is 1. The third kappa shape index (κ3) is 7.04. The summed E-state index contributed by atoms with van der Waals surface area (Å²) in [7, 11) is 1.66. The Bertz CT molecular complexity index is 1070. The monoisotopic (exact) mass is 551 g/mol. The van der Waals surface area contributed by atoms with Gasteiger partial charge in [0.25, 0.3) is 5.91 Å². The number of guanidine groups is 1. The molecule has 1 aromatic heterocycles. The van der Waals surface area contributed by atoms with Crippen LogP contribution in [0.3, 0.4) is 0 Å². The molecule has 0 radical (unpaired) electrons. The molecule has 1 amide bonds. The zero-order chi connectivity index (χ0) is 22.2. The third-order valence-electron chi connectivity index (χ3n) is 4.65. The third-order valence-corrected chi connectivity index (χ3v) is 4.65. The van der Waals surface area contributed by atoms with E-state index >= 15 is 0 Å². The number of benzene rings is 2. The predicted octanol–water partition coefficient (Wildman–Crippen LogP) is 3.81. The Balaban J connectivity index is 0.00000363. The summed E-state index contributed by atoms with van der Waals surface area (Å²) in [5, 5.41) is 9.00. The van der Waals surface area contributed by atoms with Crippen LogP contribution < -0.4 is 16.0 Å². The average molecular weight is 551 g/mol. The van der Waals surface area contributed by atoms with Crippen molar-refractivity contribution in [2.75, 3.05) is 20.1 Å². The van der Waals surface area contributed by atoms with E-state index in [-0.39, 0.29) is 29.9 Å². The first kappa shape index (κ1) is 25.3. The van der Waals surface area contributed by atoms with Gasteiger partial charge in [0.05, 0.1) is 12.2 Å². The molecule has 32 heavy (non-hydrogen) atoms. The molecule has 0 aliphatic carbocycles. The fraction of sp³-hybridized carbons (Fsp3) is 0.261. The van der Waals surface area contributed by atoms with Gasteiger partial charge in [-0.25, -0.2) is 9.37 Å². The van der Waals surface area contributed by atoms with Crippen LogP contribution in [-0.2, 0) is 6.54 Å². The number of aryl methyl sites for hydroxylation is 2. The molecule has 3 N–H and O–H groups in total. The summed E-state index contributed by atoms with van der Waals surface area (Å²) >= 11 is 0. The standard InChI is InChI=1S/C23H26FN5O2.HI/c1-15-4-7-17(8-5-15)22-29-19(14-31-22)13-28-23(25-3)27-11-10-26-21(30)18-9-6-16(2)20(24)12-18;/h4-9,12,14H,10-11,13H2,1-3H3,(H,26,30)(H2,25,27,28);1H. The number of aliphatic imine (C=N–C) groups is 1. The van der Waals surface area contributed by atoms with Gasteiger partial charge in [-0.2, -0.15) is 0 Å². The van der Waals surface area contributed by atoms with Crippen molar-refractivity contribution in [3.8, 4) is 11.5 Å². The van der Waals surface area contributed by atoms with E-state index in [4.69, 9.17) is 4.42 Å². The molecule has 0 saturated carbocycles. The topological polar surface area (TPSA) is 91.5 Å². The summed E-state index contributed by atoms with van der Waals surface area (Å²) in [6, 6.07) is 12.4. The minimum absolute atomic E-state index is 0. The van der Waals surface area contributed by atoms with Gasteiger partial charge in [-0.1, -0.05) is 23.8 Å². The van der Waals surface area contributed by atoms with Crippen molar-refractivity contribution < 1.29 is 13.6 Å². The summed E-state index contributed by atoms with van der Waals surface area (Å²) in [6.45, 7) is 4.93.